The standard InChI is InChI=1S/C33H34ClF2N5O6S/c1-33(2,3)17-48(45,46)18-47-20-11-12-23-26(14-20)41(39-30(23)31(37)43)16-28(42)40-15-19(35)13-27(40)32(44)38-25-10-6-8-22(29(25)36)21-7-4-5-9-24(21)34/h4-12,14,19,27H,13,15-18H2,1-3H3,(H2,37,43)(H,38,44)/t19-,27+/m1/s1. The predicted molar refractivity (Wildman–Crippen MR) is 177 cm³/mol. The summed E-state index contributed by atoms with van der Waals surface area (Å²) in [5.74, 6) is -3.72. The molecule has 1 aromatic heterocycles. The van der Waals surface area contributed by atoms with E-state index in [0.29, 0.717) is 10.6 Å². The zero-order valence-electron chi connectivity index (χ0n) is 26.4. The fraction of sp³-hybridized carbons (Fsp3) is 0.333. The van der Waals surface area contributed by atoms with E-state index in [9.17, 15) is 27.2 Å². The molecule has 2 atom stereocenters. The Labute approximate surface area is 280 Å². The molecule has 0 radical (unpaired) electrons. The van der Waals surface area contributed by atoms with Crippen molar-refractivity contribution in [1.29, 1.82) is 0 Å². The zero-order valence-corrected chi connectivity index (χ0v) is 27.9. The molecule has 0 spiro atoms. The Kier molecular flexibility index (Phi) is 9.79. The first-order chi connectivity index (χ1) is 22.5. The van der Waals surface area contributed by atoms with E-state index in [4.69, 9.17) is 22.1 Å². The van der Waals surface area contributed by atoms with Crippen molar-refractivity contribution in [3.63, 3.8) is 0 Å². The van der Waals surface area contributed by atoms with Crippen LogP contribution in [0, 0.1) is 11.2 Å². The summed E-state index contributed by atoms with van der Waals surface area (Å²) < 4.78 is 62.0. The van der Waals surface area contributed by atoms with Crippen molar-refractivity contribution < 1.29 is 36.3 Å². The highest BCUT2D eigenvalue weighted by Gasteiger charge is 2.40. The first kappa shape index (κ1) is 34.8. The summed E-state index contributed by atoms with van der Waals surface area (Å²) in [6.45, 7) is 4.43. The highest BCUT2D eigenvalue weighted by Crippen LogP contribution is 2.33. The largest absolute Gasteiger partial charge is 0.478 e. The third-order valence-electron chi connectivity index (χ3n) is 7.59. The van der Waals surface area contributed by atoms with Crippen LogP contribution in [0.25, 0.3) is 22.0 Å². The van der Waals surface area contributed by atoms with Gasteiger partial charge < -0.3 is 20.7 Å². The summed E-state index contributed by atoms with van der Waals surface area (Å²) in [6.07, 6.45) is -1.86. The highest BCUT2D eigenvalue weighted by molar-refractivity contribution is 7.91. The predicted octanol–water partition coefficient (Wildman–Crippen LogP) is 4.97. The molecule has 3 aromatic carbocycles. The summed E-state index contributed by atoms with van der Waals surface area (Å²) in [5.41, 5.74) is 5.48. The van der Waals surface area contributed by atoms with Gasteiger partial charge in [-0.2, -0.15) is 5.10 Å². The first-order valence-corrected chi connectivity index (χ1v) is 17.1. The number of rotatable bonds is 10. The number of primary amides is 1. The fourth-order valence-corrected chi connectivity index (χ4v) is 7.62. The van der Waals surface area contributed by atoms with Crippen LogP contribution in [0.3, 0.4) is 0 Å². The van der Waals surface area contributed by atoms with Crippen molar-refractivity contribution in [3.8, 4) is 16.9 Å². The second-order valence-electron chi connectivity index (χ2n) is 12.8. The van der Waals surface area contributed by atoms with Crippen LogP contribution in [0.5, 0.6) is 5.75 Å². The molecule has 0 aliphatic carbocycles. The Bertz CT molecular complexity index is 2010. The van der Waals surface area contributed by atoms with Crippen LogP contribution in [0.4, 0.5) is 14.5 Å². The molecule has 4 aromatic rings. The Morgan fingerprint density at radius 2 is 1.79 bits per heavy atom. The molecule has 1 aliphatic rings. The molecule has 3 N–H and O–H groups in total. The average molecular weight is 702 g/mol. The SMILES string of the molecule is CC(C)(C)CS(=O)(=O)COc1ccc2c(C(N)=O)nn(CC(=O)N3C[C@H](F)C[C@H]3C(=O)Nc3cccc(-c4ccccc4Cl)c3F)c2c1. The molecular weight excluding hydrogens is 668 g/mol. The molecule has 0 saturated carbocycles. The molecule has 1 fully saturated rings. The van der Waals surface area contributed by atoms with Crippen LogP contribution in [0.1, 0.15) is 37.7 Å². The van der Waals surface area contributed by atoms with E-state index < -0.39 is 70.0 Å². The summed E-state index contributed by atoms with van der Waals surface area (Å²) in [6, 6.07) is 14.0. The molecule has 48 heavy (non-hydrogen) atoms. The third kappa shape index (κ3) is 7.76. The molecular formula is C33H34ClF2N5O6S. The van der Waals surface area contributed by atoms with Crippen molar-refractivity contribution in [2.24, 2.45) is 11.1 Å². The summed E-state index contributed by atoms with van der Waals surface area (Å²) in [7, 11) is -3.59. The Morgan fingerprint density at radius 3 is 2.48 bits per heavy atom. The summed E-state index contributed by atoms with van der Waals surface area (Å²) in [4.78, 5) is 40.1. The number of benzene rings is 3. The number of likely N-dealkylation sites (tertiary alicyclic amines) is 1. The van der Waals surface area contributed by atoms with Gasteiger partial charge in [0.1, 0.15) is 24.5 Å². The number of sulfone groups is 1. The minimum atomic E-state index is -3.59. The van der Waals surface area contributed by atoms with Crippen LogP contribution in [0.15, 0.2) is 60.7 Å². The van der Waals surface area contributed by atoms with E-state index >= 15 is 4.39 Å². The van der Waals surface area contributed by atoms with Gasteiger partial charge in [0.05, 0.1) is 23.5 Å². The lowest BCUT2D eigenvalue weighted by atomic mass is 10.0. The number of ether oxygens (including phenoxy) is 1. The van der Waals surface area contributed by atoms with Gasteiger partial charge in [0, 0.05) is 34.0 Å². The lowest BCUT2D eigenvalue weighted by molar-refractivity contribution is -0.137. The van der Waals surface area contributed by atoms with E-state index in [2.05, 4.69) is 10.4 Å². The highest BCUT2D eigenvalue weighted by atomic mass is 35.5. The van der Waals surface area contributed by atoms with E-state index in [1.165, 1.54) is 36.4 Å². The van der Waals surface area contributed by atoms with Gasteiger partial charge in [-0.1, -0.05) is 62.7 Å². The minimum Gasteiger partial charge on any atom is -0.478 e. The second kappa shape index (κ2) is 13.5. The van der Waals surface area contributed by atoms with Gasteiger partial charge in [0.25, 0.3) is 5.91 Å². The number of hydrogen-bond donors (Lipinski definition) is 2. The number of nitrogens with zero attached hydrogens (tertiary/aromatic N) is 3. The number of carbonyl (C=O) groups is 3. The molecule has 15 heteroatoms. The molecule has 2 heterocycles. The lowest BCUT2D eigenvalue weighted by Gasteiger charge is -2.24. The van der Waals surface area contributed by atoms with E-state index in [0.717, 1.165) is 9.58 Å². The molecule has 0 bridgehead atoms. The monoisotopic (exact) mass is 701 g/mol. The number of aromatic nitrogens is 2. The number of hydrogen-bond acceptors (Lipinski definition) is 7. The molecule has 3 amide bonds. The van der Waals surface area contributed by atoms with Crippen LogP contribution in [-0.4, -0.2) is 71.3 Å². The first-order valence-electron chi connectivity index (χ1n) is 14.9. The van der Waals surface area contributed by atoms with Gasteiger partial charge in [-0.15, -0.1) is 0 Å². The van der Waals surface area contributed by atoms with Gasteiger partial charge in [0.15, 0.2) is 27.3 Å². The topological polar surface area (TPSA) is 154 Å². The Balaban J connectivity index is 1.37. The van der Waals surface area contributed by atoms with Gasteiger partial charge in [0.2, 0.25) is 11.8 Å². The average Bonchev–Trinajstić information content (AvgIpc) is 3.57. The summed E-state index contributed by atoms with van der Waals surface area (Å²) >= 11 is 6.24. The molecule has 11 nitrogen and oxygen atoms in total. The number of nitrogens with two attached hydrogens (primary N) is 1. The number of fused-ring (bicyclic) bond motifs is 1. The normalized spacial score (nSPS) is 16.7. The smallest absolute Gasteiger partial charge is 0.269 e. The van der Waals surface area contributed by atoms with Gasteiger partial charge in [-0.3, -0.25) is 19.1 Å². The number of anilines is 1. The Morgan fingerprint density at radius 1 is 1.08 bits per heavy atom. The van der Waals surface area contributed by atoms with Gasteiger partial charge in [-0.05, 0) is 29.7 Å². The third-order valence-corrected chi connectivity index (χ3v) is 9.71. The lowest BCUT2D eigenvalue weighted by Crippen LogP contribution is -2.44. The van der Waals surface area contributed by atoms with Crippen molar-refractivity contribution >= 4 is 55.8 Å². The molecule has 5 rings (SSSR count). The van der Waals surface area contributed by atoms with Crippen LogP contribution in [0.2, 0.25) is 5.02 Å². The quantitative estimate of drug-likeness (QED) is 0.237. The van der Waals surface area contributed by atoms with Gasteiger partial charge >= 0.3 is 0 Å². The maximum atomic E-state index is 15.5. The number of halogens is 3. The molecule has 254 valence electrons. The molecule has 1 saturated heterocycles. The fourth-order valence-electron chi connectivity index (χ4n) is 5.67. The summed E-state index contributed by atoms with van der Waals surface area (Å²) in [5, 5.41) is 7.24. The van der Waals surface area contributed by atoms with E-state index in [1.807, 2.05) is 0 Å². The maximum Gasteiger partial charge on any atom is 0.269 e. The van der Waals surface area contributed by atoms with Crippen molar-refractivity contribution in [2.75, 3.05) is 23.6 Å². The van der Waals surface area contributed by atoms with Crippen molar-refractivity contribution in [1.82, 2.24) is 14.7 Å². The van der Waals surface area contributed by atoms with Crippen molar-refractivity contribution in [3.05, 3.63) is 77.2 Å². The Hall–Kier alpha value is -4.56. The van der Waals surface area contributed by atoms with Gasteiger partial charge in [-0.25, -0.2) is 17.2 Å². The number of alkyl halides is 1. The van der Waals surface area contributed by atoms with Crippen molar-refractivity contribution in [2.45, 2.75) is 46.0 Å². The van der Waals surface area contributed by atoms with Crippen LogP contribution in [-0.2, 0) is 26.0 Å². The number of nitrogens with one attached hydrogen (secondary N) is 1. The molecule has 1 aliphatic heterocycles. The second-order valence-corrected chi connectivity index (χ2v) is 15.2. The van der Waals surface area contributed by atoms with Crippen LogP contribution < -0.4 is 15.8 Å². The van der Waals surface area contributed by atoms with Crippen LogP contribution >= 0.6 is 11.6 Å². The zero-order chi connectivity index (χ0) is 35.0. The van der Waals surface area contributed by atoms with E-state index in [1.54, 1.807) is 45.0 Å². The minimum absolute atomic E-state index is 0.111. The molecule has 0 unspecified atom stereocenters. The van der Waals surface area contributed by atoms with E-state index in [-0.39, 0.29) is 45.8 Å². The number of carbonyl (C=O) groups excluding carboxylic acids is 3. The number of amides is 3. The maximum absolute atomic E-state index is 15.5.